The van der Waals surface area contributed by atoms with Crippen LogP contribution in [0.2, 0.25) is 0 Å². The number of halogens is 1. The molecule has 4 rings (SSSR count). The lowest BCUT2D eigenvalue weighted by molar-refractivity contribution is -0.116. The number of hydrogen-bond donors (Lipinski definition) is 1. The molecule has 0 saturated heterocycles. The van der Waals surface area contributed by atoms with Gasteiger partial charge in [-0.05, 0) is 48.5 Å². The third-order valence-corrected chi connectivity index (χ3v) is 5.01. The first-order chi connectivity index (χ1) is 14.5. The molecule has 1 amide bonds. The van der Waals surface area contributed by atoms with E-state index in [4.69, 9.17) is 4.74 Å². The molecule has 2 aromatic carbocycles. The second-order valence-corrected chi connectivity index (χ2v) is 7.54. The lowest BCUT2D eigenvalue weighted by Crippen LogP contribution is -2.23. The number of aryl methyl sites for hydroxylation is 2. The van der Waals surface area contributed by atoms with E-state index < -0.39 is 0 Å². The average Bonchev–Trinajstić information content (AvgIpc) is 3.12. The van der Waals surface area contributed by atoms with Crippen LogP contribution in [0.4, 0.5) is 5.69 Å². The summed E-state index contributed by atoms with van der Waals surface area (Å²) < 4.78 is 9.70. The van der Waals surface area contributed by atoms with Crippen LogP contribution in [-0.2, 0) is 18.4 Å². The minimum atomic E-state index is -0.213. The molecule has 0 saturated carbocycles. The molecule has 2 aromatic heterocycles. The molecule has 4 aromatic rings. The number of aromatic nitrogens is 4. The topological polar surface area (TPSA) is 91.0 Å². The van der Waals surface area contributed by atoms with Gasteiger partial charge in [-0.1, -0.05) is 15.9 Å². The third kappa shape index (κ3) is 4.41. The van der Waals surface area contributed by atoms with Crippen molar-refractivity contribution < 1.29 is 9.53 Å². The molecule has 2 heterocycles. The van der Waals surface area contributed by atoms with E-state index in [0.29, 0.717) is 22.5 Å². The summed E-state index contributed by atoms with van der Waals surface area (Å²) in [6.45, 7) is 0.229. The highest BCUT2D eigenvalue weighted by Crippen LogP contribution is 2.24. The fraction of sp³-hybridized carbons (Fsp3) is 0.143. The van der Waals surface area contributed by atoms with Crippen molar-refractivity contribution in [2.24, 2.45) is 7.05 Å². The van der Waals surface area contributed by atoms with Gasteiger partial charge in [-0.25, -0.2) is 4.98 Å². The van der Waals surface area contributed by atoms with Crippen LogP contribution >= 0.6 is 15.9 Å². The molecule has 0 aliphatic carbocycles. The van der Waals surface area contributed by atoms with Crippen LogP contribution < -0.4 is 15.6 Å². The summed E-state index contributed by atoms with van der Waals surface area (Å²) in [5, 5.41) is 7.29. The number of anilines is 1. The zero-order valence-electron chi connectivity index (χ0n) is 16.1. The maximum Gasteiger partial charge on any atom is 0.264 e. The molecular weight excluding hydrogens is 450 g/mol. The van der Waals surface area contributed by atoms with Crippen molar-refractivity contribution in [1.29, 1.82) is 0 Å². The molecule has 152 valence electrons. The Bertz CT molecular complexity index is 1250. The number of rotatable bonds is 6. The first-order valence-electron chi connectivity index (χ1n) is 9.20. The van der Waals surface area contributed by atoms with E-state index in [2.05, 4.69) is 31.3 Å². The van der Waals surface area contributed by atoms with Gasteiger partial charge in [-0.3, -0.25) is 18.8 Å². The van der Waals surface area contributed by atoms with Crippen LogP contribution in [0, 0.1) is 0 Å². The molecule has 30 heavy (non-hydrogen) atoms. The Balaban J connectivity index is 1.34. The summed E-state index contributed by atoms with van der Waals surface area (Å²) in [4.78, 5) is 28.9. The Morgan fingerprint density at radius 3 is 2.47 bits per heavy atom. The number of nitrogens with zero attached hydrogens (tertiary/aromatic N) is 4. The van der Waals surface area contributed by atoms with Crippen molar-refractivity contribution >= 4 is 38.6 Å². The van der Waals surface area contributed by atoms with Gasteiger partial charge in [-0.2, -0.15) is 5.10 Å². The number of amides is 1. The van der Waals surface area contributed by atoms with Crippen molar-refractivity contribution in [2.75, 3.05) is 5.32 Å². The first-order valence-corrected chi connectivity index (χ1v) is 9.99. The lowest BCUT2D eigenvalue weighted by Gasteiger charge is -2.09. The second kappa shape index (κ2) is 8.50. The normalized spacial score (nSPS) is 10.9. The molecule has 0 bridgehead atoms. The van der Waals surface area contributed by atoms with E-state index in [0.717, 1.165) is 10.2 Å². The number of carbonyl (C=O) groups is 1. The van der Waals surface area contributed by atoms with Gasteiger partial charge in [0.25, 0.3) is 5.56 Å². The molecule has 0 fully saturated rings. The fourth-order valence-corrected chi connectivity index (χ4v) is 3.18. The van der Waals surface area contributed by atoms with Crippen LogP contribution in [0.25, 0.3) is 11.0 Å². The summed E-state index contributed by atoms with van der Waals surface area (Å²) in [7, 11) is 1.72. The van der Waals surface area contributed by atoms with Crippen molar-refractivity contribution in [3.8, 4) is 11.5 Å². The molecule has 0 aliphatic rings. The molecular formula is C21H18BrN5O3. The molecule has 1 N–H and O–H groups in total. The number of carbonyl (C=O) groups excluding carboxylic acids is 1. The van der Waals surface area contributed by atoms with Crippen LogP contribution in [0.5, 0.6) is 11.5 Å². The van der Waals surface area contributed by atoms with Crippen LogP contribution in [0.3, 0.4) is 0 Å². The second-order valence-electron chi connectivity index (χ2n) is 6.63. The number of ether oxygens (including phenoxy) is 1. The standard InChI is InChI=1S/C21H18BrN5O3/c1-26-20-18(12-24-26)21(29)27(13-23-20)11-10-19(28)25-15-4-8-17(9-5-15)30-16-6-2-14(22)3-7-16/h2-9,12-13H,10-11H2,1H3,(H,25,28). The summed E-state index contributed by atoms with van der Waals surface area (Å²) in [6.07, 6.45) is 3.07. The molecule has 0 radical (unpaired) electrons. The SMILES string of the molecule is Cn1ncc2c(=O)n(CCC(=O)Nc3ccc(Oc4ccc(Br)cc4)cc3)cnc21. The zero-order valence-corrected chi connectivity index (χ0v) is 17.7. The molecule has 0 spiro atoms. The van der Waals surface area contributed by atoms with Crippen molar-refractivity contribution in [2.45, 2.75) is 13.0 Å². The minimum Gasteiger partial charge on any atom is -0.457 e. The van der Waals surface area contributed by atoms with E-state index in [1.165, 1.54) is 21.8 Å². The Labute approximate surface area is 180 Å². The predicted molar refractivity (Wildman–Crippen MR) is 117 cm³/mol. The highest BCUT2D eigenvalue weighted by Gasteiger charge is 2.10. The van der Waals surface area contributed by atoms with E-state index in [1.54, 1.807) is 31.3 Å². The van der Waals surface area contributed by atoms with E-state index >= 15 is 0 Å². The maximum atomic E-state index is 12.4. The Hall–Kier alpha value is -3.46. The molecule has 0 unspecified atom stereocenters. The largest absolute Gasteiger partial charge is 0.457 e. The summed E-state index contributed by atoms with van der Waals surface area (Å²) in [5.41, 5.74) is 0.956. The van der Waals surface area contributed by atoms with E-state index in [-0.39, 0.29) is 24.4 Å². The van der Waals surface area contributed by atoms with Gasteiger partial charge in [0.15, 0.2) is 5.65 Å². The number of fused-ring (bicyclic) bond motifs is 1. The highest BCUT2D eigenvalue weighted by molar-refractivity contribution is 9.10. The maximum absolute atomic E-state index is 12.4. The van der Waals surface area contributed by atoms with Gasteiger partial charge in [0.1, 0.15) is 16.9 Å². The minimum absolute atomic E-state index is 0.143. The Morgan fingerprint density at radius 1 is 1.10 bits per heavy atom. The van der Waals surface area contributed by atoms with E-state index in [9.17, 15) is 9.59 Å². The summed E-state index contributed by atoms with van der Waals surface area (Å²) in [6, 6.07) is 14.6. The van der Waals surface area contributed by atoms with Crippen LogP contribution in [0.15, 0.2) is 70.3 Å². The Kier molecular flexibility index (Phi) is 5.62. The average molecular weight is 468 g/mol. The third-order valence-electron chi connectivity index (χ3n) is 4.49. The number of nitrogens with one attached hydrogen (secondary N) is 1. The molecule has 9 heteroatoms. The van der Waals surface area contributed by atoms with Gasteiger partial charge in [-0.15, -0.1) is 0 Å². The van der Waals surface area contributed by atoms with Crippen molar-refractivity contribution in [3.63, 3.8) is 0 Å². The molecule has 0 aliphatic heterocycles. The monoisotopic (exact) mass is 467 g/mol. The highest BCUT2D eigenvalue weighted by atomic mass is 79.9. The van der Waals surface area contributed by atoms with Crippen molar-refractivity contribution in [3.05, 3.63) is 75.9 Å². The predicted octanol–water partition coefficient (Wildman–Crippen LogP) is 3.71. The first kappa shape index (κ1) is 19.8. The smallest absolute Gasteiger partial charge is 0.264 e. The summed E-state index contributed by atoms with van der Waals surface area (Å²) >= 11 is 3.38. The quantitative estimate of drug-likeness (QED) is 0.466. The van der Waals surface area contributed by atoms with Crippen LogP contribution in [-0.4, -0.2) is 25.2 Å². The fourth-order valence-electron chi connectivity index (χ4n) is 2.92. The van der Waals surface area contributed by atoms with Gasteiger partial charge < -0.3 is 10.1 Å². The Morgan fingerprint density at radius 2 is 1.77 bits per heavy atom. The summed E-state index contributed by atoms with van der Waals surface area (Å²) in [5.74, 6) is 1.19. The lowest BCUT2D eigenvalue weighted by atomic mass is 10.3. The van der Waals surface area contributed by atoms with Gasteiger partial charge in [0.2, 0.25) is 5.91 Å². The number of benzene rings is 2. The van der Waals surface area contributed by atoms with E-state index in [1.807, 2.05) is 24.3 Å². The van der Waals surface area contributed by atoms with Crippen molar-refractivity contribution in [1.82, 2.24) is 19.3 Å². The molecule has 8 nitrogen and oxygen atoms in total. The van der Waals surface area contributed by atoms with Gasteiger partial charge in [0, 0.05) is 30.2 Å². The van der Waals surface area contributed by atoms with Crippen LogP contribution in [0.1, 0.15) is 6.42 Å². The zero-order chi connectivity index (χ0) is 21.1. The number of hydrogen-bond acceptors (Lipinski definition) is 5. The van der Waals surface area contributed by atoms with Gasteiger partial charge >= 0.3 is 0 Å². The molecule has 0 atom stereocenters. The van der Waals surface area contributed by atoms with Gasteiger partial charge in [0.05, 0.1) is 12.5 Å².